The predicted octanol–water partition coefficient (Wildman–Crippen LogP) is 3.33. The van der Waals surface area contributed by atoms with E-state index in [1.54, 1.807) is 0 Å². The van der Waals surface area contributed by atoms with Crippen LogP contribution in [0.3, 0.4) is 0 Å². The smallest absolute Gasteiger partial charge is 0.0863 e. The third kappa shape index (κ3) is 3.46. The van der Waals surface area contributed by atoms with Crippen molar-refractivity contribution in [2.45, 2.75) is 46.3 Å². The van der Waals surface area contributed by atoms with Crippen LogP contribution >= 0.6 is 27.5 Å². The average Bonchev–Trinajstić information content (AvgIpc) is 2.65. The first-order valence-corrected chi connectivity index (χ1v) is 7.55. The van der Waals surface area contributed by atoms with Crippen LogP contribution in [0.2, 0.25) is 5.02 Å². The molecule has 1 atom stereocenters. The number of rotatable bonds is 6. The minimum atomic E-state index is 0.483. The first-order chi connectivity index (χ1) is 8.04. The van der Waals surface area contributed by atoms with Gasteiger partial charge in [-0.3, -0.25) is 9.58 Å². The fourth-order valence-electron chi connectivity index (χ4n) is 1.68. The van der Waals surface area contributed by atoms with E-state index in [-0.39, 0.29) is 0 Å². The van der Waals surface area contributed by atoms with Crippen LogP contribution < -0.4 is 0 Å². The van der Waals surface area contributed by atoms with Gasteiger partial charge in [-0.25, -0.2) is 0 Å². The summed E-state index contributed by atoms with van der Waals surface area (Å²) in [6.07, 6.45) is 0.885. The van der Waals surface area contributed by atoms with Crippen molar-refractivity contribution >= 4 is 27.5 Å². The first-order valence-electron chi connectivity index (χ1n) is 6.05. The molecular weight excluding hydrogens is 302 g/mol. The van der Waals surface area contributed by atoms with Gasteiger partial charge in [0.1, 0.15) is 0 Å². The second-order valence-electron chi connectivity index (χ2n) is 4.30. The number of aryl methyl sites for hydroxylation is 2. The van der Waals surface area contributed by atoms with E-state index in [9.17, 15) is 0 Å². The second kappa shape index (κ2) is 6.76. The lowest BCUT2D eigenvalue weighted by molar-refractivity contribution is 0.262. The zero-order valence-electron chi connectivity index (χ0n) is 11.0. The van der Waals surface area contributed by atoms with Gasteiger partial charge in [0, 0.05) is 24.5 Å². The molecule has 1 heterocycles. The van der Waals surface area contributed by atoms with Gasteiger partial charge in [0.05, 0.1) is 16.4 Å². The molecule has 1 aromatic heterocycles. The zero-order chi connectivity index (χ0) is 13.0. The molecule has 0 saturated carbocycles. The molecule has 0 radical (unpaired) electrons. The molecule has 0 saturated heterocycles. The molecular formula is C12H21BrClN3. The highest BCUT2D eigenvalue weighted by Crippen LogP contribution is 2.23. The monoisotopic (exact) mass is 321 g/mol. The van der Waals surface area contributed by atoms with Crippen molar-refractivity contribution in [1.82, 2.24) is 14.7 Å². The Labute approximate surface area is 117 Å². The molecule has 1 aromatic rings. The minimum Gasteiger partial charge on any atom is -0.297 e. The van der Waals surface area contributed by atoms with Gasteiger partial charge in [-0.15, -0.1) is 0 Å². The largest absolute Gasteiger partial charge is 0.297 e. The van der Waals surface area contributed by atoms with E-state index in [0.717, 1.165) is 41.3 Å². The zero-order valence-corrected chi connectivity index (χ0v) is 13.3. The standard InChI is InChI=1S/C12H21BrClN3/c1-5-10-12(14)11(17(6-2)15-10)8-16(4)9(3)7-13/h9H,5-8H2,1-4H3. The van der Waals surface area contributed by atoms with Gasteiger partial charge < -0.3 is 0 Å². The van der Waals surface area contributed by atoms with E-state index in [1.807, 2.05) is 4.68 Å². The molecule has 0 aromatic carbocycles. The first kappa shape index (κ1) is 15.0. The number of hydrogen-bond donors (Lipinski definition) is 0. The molecule has 5 heteroatoms. The predicted molar refractivity (Wildman–Crippen MR) is 77.0 cm³/mol. The van der Waals surface area contributed by atoms with Crippen molar-refractivity contribution in [3.05, 3.63) is 16.4 Å². The Morgan fingerprint density at radius 3 is 2.59 bits per heavy atom. The van der Waals surface area contributed by atoms with Crippen molar-refractivity contribution in [3.63, 3.8) is 0 Å². The van der Waals surface area contributed by atoms with Crippen LogP contribution in [0, 0.1) is 0 Å². The summed E-state index contributed by atoms with van der Waals surface area (Å²) in [7, 11) is 2.11. The quantitative estimate of drug-likeness (QED) is 0.749. The van der Waals surface area contributed by atoms with Crippen molar-refractivity contribution < 1.29 is 0 Å². The van der Waals surface area contributed by atoms with Crippen LogP contribution in [0.25, 0.3) is 0 Å². The summed E-state index contributed by atoms with van der Waals surface area (Å²) < 4.78 is 2.01. The number of halogens is 2. The second-order valence-corrected chi connectivity index (χ2v) is 5.32. The topological polar surface area (TPSA) is 21.1 Å². The van der Waals surface area contributed by atoms with Crippen LogP contribution in [0.1, 0.15) is 32.2 Å². The van der Waals surface area contributed by atoms with Gasteiger partial charge in [0.2, 0.25) is 0 Å². The van der Waals surface area contributed by atoms with Crippen molar-refractivity contribution in [1.29, 1.82) is 0 Å². The Hall–Kier alpha value is -0.0600. The Morgan fingerprint density at radius 2 is 2.12 bits per heavy atom. The van der Waals surface area contributed by atoms with E-state index in [2.05, 4.69) is 53.7 Å². The molecule has 0 fully saturated rings. The molecule has 1 unspecified atom stereocenters. The molecule has 0 aliphatic heterocycles. The Kier molecular flexibility index (Phi) is 5.97. The van der Waals surface area contributed by atoms with E-state index >= 15 is 0 Å². The minimum absolute atomic E-state index is 0.483. The molecule has 0 bridgehead atoms. The van der Waals surface area contributed by atoms with Crippen LogP contribution in [0.5, 0.6) is 0 Å². The normalized spacial score (nSPS) is 13.4. The molecule has 17 heavy (non-hydrogen) atoms. The average molecular weight is 323 g/mol. The maximum atomic E-state index is 6.38. The van der Waals surface area contributed by atoms with E-state index < -0.39 is 0 Å². The highest BCUT2D eigenvalue weighted by atomic mass is 79.9. The number of alkyl halides is 1. The number of aromatic nitrogens is 2. The summed E-state index contributed by atoms with van der Waals surface area (Å²) in [5.74, 6) is 0. The maximum Gasteiger partial charge on any atom is 0.0863 e. The molecule has 0 aliphatic rings. The summed E-state index contributed by atoms with van der Waals surface area (Å²) in [4.78, 5) is 2.28. The van der Waals surface area contributed by atoms with Crippen LogP contribution in [-0.4, -0.2) is 33.1 Å². The van der Waals surface area contributed by atoms with E-state index in [4.69, 9.17) is 11.6 Å². The van der Waals surface area contributed by atoms with Crippen LogP contribution in [-0.2, 0) is 19.5 Å². The number of hydrogen-bond acceptors (Lipinski definition) is 2. The summed E-state index contributed by atoms with van der Waals surface area (Å²) in [5.41, 5.74) is 2.13. The van der Waals surface area contributed by atoms with Crippen molar-refractivity contribution in [2.75, 3.05) is 12.4 Å². The molecule has 98 valence electrons. The Morgan fingerprint density at radius 1 is 1.47 bits per heavy atom. The lowest BCUT2D eigenvalue weighted by atomic mass is 10.2. The van der Waals surface area contributed by atoms with E-state index in [1.165, 1.54) is 0 Å². The third-order valence-electron chi connectivity index (χ3n) is 3.07. The molecule has 1 rings (SSSR count). The third-order valence-corrected chi connectivity index (χ3v) is 4.44. The maximum absolute atomic E-state index is 6.38. The summed E-state index contributed by atoms with van der Waals surface area (Å²) in [6, 6.07) is 0.483. The van der Waals surface area contributed by atoms with Gasteiger partial charge in [0.25, 0.3) is 0 Å². The Balaban J connectivity index is 2.92. The van der Waals surface area contributed by atoms with E-state index in [0.29, 0.717) is 6.04 Å². The summed E-state index contributed by atoms with van der Waals surface area (Å²) >= 11 is 9.88. The van der Waals surface area contributed by atoms with Crippen LogP contribution in [0.15, 0.2) is 0 Å². The van der Waals surface area contributed by atoms with Crippen molar-refractivity contribution in [2.24, 2.45) is 0 Å². The van der Waals surface area contributed by atoms with Crippen LogP contribution in [0.4, 0.5) is 0 Å². The fourth-order valence-corrected chi connectivity index (χ4v) is 2.50. The SMILES string of the molecule is CCc1nn(CC)c(CN(C)C(C)CBr)c1Cl. The number of nitrogens with zero attached hydrogens (tertiary/aromatic N) is 3. The van der Waals surface area contributed by atoms with Gasteiger partial charge in [0.15, 0.2) is 0 Å². The molecule has 3 nitrogen and oxygen atoms in total. The Bertz CT molecular complexity index is 365. The lowest BCUT2D eigenvalue weighted by Crippen LogP contribution is -2.30. The summed E-state index contributed by atoms with van der Waals surface area (Å²) in [6.45, 7) is 8.08. The van der Waals surface area contributed by atoms with Gasteiger partial charge in [-0.1, -0.05) is 34.5 Å². The van der Waals surface area contributed by atoms with Gasteiger partial charge in [-0.05, 0) is 27.3 Å². The van der Waals surface area contributed by atoms with Crippen molar-refractivity contribution in [3.8, 4) is 0 Å². The fraction of sp³-hybridized carbons (Fsp3) is 0.750. The van der Waals surface area contributed by atoms with Gasteiger partial charge in [-0.2, -0.15) is 5.10 Å². The van der Waals surface area contributed by atoms with Gasteiger partial charge >= 0.3 is 0 Å². The summed E-state index contributed by atoms with van der Waals surface area (Å²) in [5, 5.41) is 6.33. The molecule has 0 spiro atoms. The highest BCUT2D eigenvalue weighted by molar-refractivity contribution is 9.09. The molecule has 0 N–H and O–H groups in total. The molecule has 0 amide bonds. The molecule has 0 aliphatic carbocycles. The lowest BCUT2D eigenvalue weighted by Gasteiger charge is -2.23. The highest BCUT2D eigenvalue weighted by Gasteiger charge is 2.17.